The fraction of sp³-hybridized carbons (Fsp3) is 0.267. The average Bonchev–Trinajstić information content (AvgIpc) is 2.47. The van der Waals surface area contributed by atoms with Gasteiger partial charge in [0.15, 0.2) is 0 Å². The minimum atomic E-state index is -0.619. The summed E-state index contributed by atoms with van der Waals surface area (Å²) in [6, 6.07) is 7.47. The van der Waals surface area contributed by atoms with Gasteiger partial charge in [-0.1, -0.05) is 6.92 Å². The fourth-order valence-corrected chi connectivity index (χ4v) is 1.76. The van der Waals surface area contributed by atoms with Crippen molar-refractivity contribution in [3.8, 4) is 17.7 Å². The van der Waals surface area contributed by atoms with E-state index >= 15 is 0 Å². The predicted octanol–water partition coefficient (Wildman–Crippen LogP) is 3.27. The van der Waals surface area contributed by atoms with Gasteiger partial charge in [0.25, 0.3) is 0 Å². The molecular weight excluding hydrogens is 271 g/mol. The highest BCUT2D eigenvalue weighted by Crippen LogP contribution is 2.23. The monoisotopic (exact) mass is 286 g/mol. The van der Waals surface area contributed by atoms with Crippen molar-refractivity contribution in [1.29, 1.82) is 5.26 Å². The summed E-state index contributed by atoms with van der Waals surface area (Å²) in [5.41, 5.74) is -0.0207. The molecule has 1 aromatic carbocycles. The summed E-state index contributed by atoms with van der Waals surface area (Å²) in [4.78, 5) is 8.59. The molecule has 6 heteroatoms. The predicted molar refractivity (Wildman–Crippen MR) is 76.8 cm³/mol. The van der Waals surface area contributed by atoms with Crippen LogP contribution in [0.4, 0.5) is 10.2 Å². The van der Waals surface area contributed by atoms with Gasteiger partial charge in [-0.3, -0.25) is 0 Å². The van der Waals surface area contributed by atoms with E-state index in [4.69, 9.17) is 10.00 Å². The van der Waals surface area contributed by atoms with Crippen LogP contribution in [-0.2, 0) is 6.42 Å². The van der Waals surface area contributed by atoms with Gasteiger partial charge in [0.1, 0.15) is 29.3 Å². The molecule has 2 rings (SSSR count). The van der Waals surface area contributed by atoms with Gasteiger partial charge in [0.2, 0.25) is 5.88 Å². The Kier molecular flexibility index (Phi) is 4.67. The van der Waals surface area contributed by atoms with Crippen LogP contribution in [0.15, 0.2) is 24.3 Å². The van der Waals surface area contributed by atoms with E-state index in [0.717, 1.165) is 12.8 Å². The number of nitriles is 1. The molecule has 21 heavy (non-hydrogen) atoms. The Morgan fingerprint density at radius 1 is 1.33 bits per heavy atom. The molecule has 0 amide bonds. The molecule has 2 aromatic rings. The van der Waals surface area contributed by atoms with E-state index in [1.54, 1.807) is 19.2 Å². The lowest BCUT2D eigenvalue weighted by molar-refractivity contribution is 0.454. The Morgan fingerprint density at radius 3 is 2.76 bits per heavy atom. The molecule has 0 radical (unpaired) electrons. The van der Waals surface area contributed by atoms with Crippen LogP contribution in [0.5, 0.6) is 11.6 Å². The van der Waals surface area contributed by atoms with E-state index in [0.29, 0.717) is 17.5 Å². The molecule has 0 aliphatic rings. The number of hydrogen-bond acceptors (Lipinski definition) is 5. The van der Waals surface area contributed by atoms with Crippen molar-refractivity contribution in [2.45, 2.75) is 19.8 Å². The van der Waals surface area contributed by atoms with Gasteiger partial charge in [-0.2, -0.15) is 10.2 Å². The summed E-state index contributed by atoms with van der Waals surface area (Å²) in [6.07, 6.45) is 1.64. The number of aromatic nitrogens is 2. The molecule has 5 nitrogen and oxygen atoms in total. The molecule has 0 saturated heterocycles. The minimum Gasteiger partial charge on any atom is -0.439 e. The quantitative estimate of drug-likeness (QED) is 0.913. The summed E-state index contributed by atoms with van der Waals surface area (Å²) in [5, 5.41) is 11.6. The fourth-order valence-electron chi connectivity index (χ4n) is 1.76. The highest BCUT2D eigenvalue weighted by Gasteiger charge is 2.08. The number of hydrogen-bond donors (Lipinski definition) is 1. The first-order chi connectivity index (χ1) is 10.2. The lowest BCUT2D eigenvalue weighted by Gasteiger charge is -2.09. The largest absolute Gasteiger partial charge is 0.439 e. The second-order valence-corrected chi connectivity index (χ2v) is 4.36. The molecule has 1 heterocycles. The van der Waals surface area contributed by atoms with E-state index in [2.05, 4.69) is 15.3 Å². The second-order valence-electron chi connectivity index (χ2n) is 4.36. The molecule has 0 aliphatic heterocycles. The summed E-state index contributed by atoms with van der Waals surface area (Å²) in [7, 11) is 1.75. The molecule has 1 aromatic heterocycles. The zero-order valence-corrected chi connectivity index (χ0v) is 11.9. The third kappa shape index (κ3) is 3.66. The van der Waals surface area contributed by atoms with E-state index < -0.39 is 5.82 Å². The lowest BCUT2D eigenvalue weighted by Crippen LogP contribution is -2.02. The molecule has 0 aliphatic carbocycles. The molecule has 0 spiro atoms. The van der Waals surface area contributed by atoms with Crippen molar-refractivity contribution in [2.75, 3.05) is 12.4 Å². The van der Waals surface area contributed by atoms with Gasteiger partial charge >= 0.3 is 0 Å². The topological polar surface area (TPSA) is 70.8 Å². The normalized spacial score (nSPS) is 10.0. The molecule has 0 fully saturated rings. The van der Waals surface area contributed by atoms with Crippen molar-refractivity contribution in [1.82, 2.24) is 9.97 Å². The number of nitrogens with zero attached hydrogens (tertiary/aromatic N) is 3. The van der Waals surface area contributed by atoms with Gasteiger partial charge in [0.05, 0.1) is 5.56 Å². The van der Waals surface area contributed by atoms with Gasteiger partial charge in [-0.25, -0.2) is 9.37 Å². The molecule has 0 saturated carbocycles. The Morgan fingerprint density at radius 2 is 2.14 bits per heavy atom. The average molecular weight is 286 g/mol. The van der Waals surface area contributed by atoms with Crippen molar-refractivity contribution in [3.05, 3.63) is 41.5 Å². The maximum atomic E-state index is 13.6. The van der Waals surface area contributed by atoms with Crippen LogP contribution in [0.1, 0.15) is 24.7 Å². The number of ether oxygens (including phenoxy) is 1. The number of anilines is 1. The van der Waals surface area contributed by atoms with Crippen molar-refractivity contribution < 1.29 is 9.13 Å². The molecule has 0 unspecified atom stereocenters. The highest BCUT2D eigenvalue weighted by molar-refractivity contribution is 5.41. The summed E-state index contributed by atoms with van der Waals surface area (Å²) >= 11 is 0. The maximum absolute atomic E-state index is 13.6. The third-order valence-electron chi connectivity index (χ3n) is 2.76. The molecule has 1 N–H and O–H groups in total. The van der Waals surface area contributed by atoms with Gasteiger partial charge < -0.3 is 10.1 Å². The van der Waals surface area contributed by atoms with Gasteiger partial charge in [-0.05, 0) is 18.6 Å². The van der Waals surface area contributed by atoms with Crippen molar-refractivity contribution in [3.63, 3.8) is 0 Å². The lowest BCUT2D eigenvalue weighted by atomic mass is 10.2. The van der Waals surface area contributed by atoms with Crippen molar-refractivity contribution >= 4 is 5.82 Å². The molecular formula is C15H15FN4O. The molecule has 0 atom stereocenters. The Hall–Kier alpha value is -2.68. The van der Waals surface area contributed by atoms with Crippen LogP contribution in [0.2, 0.25) is 0 Å². The third-order valence-corrected chi connectivity index (χ3v) is 2.76. The smallest absolute Gasteiger partial charge is 0.224 e. The van der Waals surface area contributed by atoms with Gasteiger partial charge in [-0.15, -0.1) is 0 Å². The minimum absolute atomic E-state index is 0.0207. The Bertz CT molecular complexity index is 682. The van der Waals surface area contributed by atoms with Crippen LogP contribution >= 0.6 is 0 Å². The van der Waals surface area contributed by atoms with Crippen molar-refractivity contribution in [2.24, 2.45) is 0 Å². The number of benzene rings is 1. The standard InChI is InChI=1S/C15H15FN4O/c1-3-4-13-19-14(18-2)8-15(20-13)21-11-6-5-10(9-17)12(16)7-11/h5-8H,3-4H2,1-2H3,(H,18,19,20). The summed E-state index contributed by atoms with van der Waals surface area (Å²) in [6.45, 7) is 2.03. The Balaban J connectivity index is 2.28. The first-order valence-corrected chi connectivity index (χ1v) is 6.59. The van der Waals surface area contributed by atoms with E-state index in [9.17, 15) is 4.39 Å². The van der Waals surface area contributed by atoms with Crippen LogP contribution in [0, 0.1) is 17.1 Å². The number of nitrogens with one attached hydrogen (secondary N) is 1. The maximum Gasteiger partial charge on any atom is 0.224 e. The van der Waals surface area contributed by atoms with Crippen LogP contribution in [0.25, 0.3) is 0 Å². The second kappa shape index (κ2) is 6.66. The zero-order chi connectivity index (χ0) is 15.2. The molecule has 108 valence electrons. The SMILES string of the molecule is CCCc1nc(NC)cc(Oc2ccc(C#N)c(F)c2)n1. The Labute approximate surface area is 122 Å². The van der Waals surface area contributed by atoms with Gasteiger partial charge in [0, 0.05) is 25.6 Å². The first-order valence-electron chi connectivity index (χ1n) is 6.59. The number of aryl methyl sites for hydroxylation is 1. The highest BCUT2D eigenvalue weighted by atomic mass is 19.1. The summed E-state index contributed by atoms with van der Waals surface area (Å²) < 4.78 is 19.1. The van der Waals surface area contributed by atoms with Crippen LogP contribution in [0.3, 0.4) is 0 Å². The zero-order valence-electron chi connectivity index (χ0n) is 11.9. The first kappa shape index (κ1) is 14.7. The van der Waals surface area contributed by atoms with E-state index in [-0.39, 0.29) is 11.3 Å². The summed E-state index contributed by atoms with van der Waals surface area (Å²) in [5.74, 6) is 1.30. The van der Waals surface area contributed by atoms with Crippen LogP contribution < -0.4 is 10.1 Å². The van der Waals surface area contributed by atoms with Crippen LogP contribution in [-0.4, -0.2) is 17.0 Å². The number of halogens is 1. The number of rotatable bonds is 5. The van der Waals surface area contributed by atoms with E-state index in [1.165, 1.54) is 18.2 Å². The van der Waals surface area contributed by atoms with E-state index in [1.807, 2.05) is 6.92 Å². The molecule has 0 bridgehead atoms.